The van der Waals surface area contributed by atoms with Crippen LogP contribution in [-0.4, -0.2) is 77.2 Å². The second kappa shape index (κ2) is 13.7. The summed E-state index contributed by atoms with van der Waals surface area (Å²) in [4.78, 5) is 69.6. The van der Waals surface area contributed by atoms with Crippen LogP contribution >= 0.6 is 0 Å². The highest BCUT2D eigenvalue weighted by Crippen LogP contribution is 2.43. The number of rotatable bonds is 8. The summed E-state index contributed by atoms with van der Waals surface area (Å²) in [6.07, 6.45) is 2.97. The topological polar surface area (TPSA) is 152 Å². The highest BCUT2D eigenvalue weighted by molar-refractivity contribution is 6.23. The van der Waals surface area contributed by atoms with Gasteiger partial charge in [-0.3, -0.25) is 39.1 Å². The summed E-state index contributed by atoms with van der Waals surface area (Å²) in [6.45, 7) is 10.3. The molecule has 0 spiro atoms. The molecule has 54 heavy (non-hydrogen) atoms. The number of amides is 5. The summed E-state index contributed by atoms with van der Waals surface area (Å²) in [5.74, 6) is -0.771. The Morgan fingerprint density at radius 1 is 0.944 bits per heavy atom. The van der Waals surface area contributed by atoms with Crippen LogP contribution in [0, 0.1) is 29.6 Å². The van der Waals surface area contributed by atoms with E-state index < -0.39 is 23.8 Å². The van der Waals surface area contributed by atoms with Crippen molar-refractivity contribution in [3.05, 3.63) is 93.5 Å². The maximum Gasteiger partial charge on any atom is 0.262 e. The molecule has 1 saturated carbocycles. The molecular formula is C42H44N6O6. The van der Waals surface area contributed by atoms with E-state index >= 15 is 0 Å². The molecule has 3 aromatic carbocycles. The molecule has 4 aliphatic heterocycles. The van der Waals surface area contributed by atoms with Gasteiger partial charge >= 0.3 is 0 Å². The van der Waals surface area contributed by atoms with Crippen LogP contribution in [-0.2, 0) is 22.7 Å². The van der Waals surface area contributed by atoms with E-state index in [1.54, 1.807) is 6.07 Å². The van der Waals surface area contributed by atoms with Crippen LogP contribution in [0.1, 0.15) is 99.3 Å². The second-order valence-corrected chi connectivity index (χ2v) is 16.0. The minimum Gasteiger partial charge on any atom is -0.490 e. The van der Waals surface area contributed by atoms with E-state index in [1.165, 1.54) is 0 Å². The number of imide groups is 2. The lowest BCUT2D eigenvalue weighted by Crippen LogP contribution is -2.63. The molecule has 3 fully saturated rings. The summed E-state index contributed by atoms with van der Waals surface area (Å²) < 4.78 is 6.24. The first-order valence-corrected chi connectivity index (χ1v) is 18.8. The van der Waals surface area contributed by atoms with Gasteiger partial charge in [0.25, 0.3) is 17.7 Å². The lowest BCUT2D eigenvalue weighted by Gasteiger charge is -2.51. The molecule has 3 atom stereocenters. The van der Waals surface area contributed by atoms with Gasteiger partial charge < -0.3 is 15.0 Å². The van der Waals surface area contributed by atoms with Crippen molar-refractivity contribution in [3.8, 4) is 11.8 Å². The second-order valence-electron chi connectivity index (χ2n) is 16.0. The number of ether oxygens (including phenoxy) is 1. The first kappa shape index (κ1) is 35.5. The fraction of sp³-hybridized carbons (Fsp3) is 0.429. The number of aryl methyl sites for hydroxylation is 1. The van der Waals surface area contributed by atoms with E-state index in [4.69, 9.17) is 4.74 Å². The monoisotopic (exact) mass is 728 g/mol. The van der Waals surface area contributed by atoms with Crippen molar-refractivity contribution in [1.82, 2.24) is 20.4 Å². The molecule has 12 nitrogen and oxygen atoms in total. The van der Waals surface area contributed by atoms with E-state index in [9.17, 15) is 29.2 Å². The van der Waals surface area contributed by atoms with Crippen LogP contribution in [0.25, 0.3) is 0 Å². The number of nitriles is 1. The highest BCUT2D eigenvalue weighted by atomic mass is 16.5. The Morgan fingerprint density at radius 2 is 1.61 bits per heavy atom. The van der Waals surface area contributed by atoms with Gasteiger partial charge in [0.15, 0.2) is 0 Å². The maximum atomic E-state index is 13.3. The van der Waals surface area contributed by atoms with Crippen molar-refractivity contribution >= 4 is 35.2 Å². The zero-order chi connectivity index (χ0) is 37.9. The molecule has 3 aromatic rings. The summed E-state index contributed by atoms with van der Waals surface area (Å²) >= 11 is 0. The van der Waals surface area contributed by atoms with Gasteiger partial charge in [0.05, 0.1) is 22.8 Å². The quantitative estimate of drug-likeness (QED) is 0.320. The van der Waals surface area contributed by atoms with Crippen molar-refractivity contribution < 1.29 is 28.7 Å². The summed E-state index contributed by atoms with van der Waals surface area (Å²) in [7, 11) is 0. The molecule has 0 aromatic heterocycles. The Balaban J connectivity index is 0.802. The predicted molar refractivity (Wildman–Crippen MR) is 199 cm³/mol. The molecule has 8 rings (SSSR count). The zero-order valence-corrected chi connectivity index (χ0v) is 30.8. The number of carbonyl (C=O) groups is 5. The smallest absolute Gasteiger partial charge is 0.262 e. The number of nitrogens with zero attached hydrogens (tertiary/aromatic N) is 4. The molecule has 2 N–H and O–H groups in total. The molecule has 0 bridgehead atoms. The lowest BCUT2D eigenvalue weighted by molar-refractivity contribution is -0.136. The molecule has 1 aliphatic carbocycles. The van der Waals surface area contributed by atoms with Gasteiger partial charge in [-0.15, -0.1) is 0 Å². The third kappa shape index (κ3) is 6.40. The molecule has 5 amide bonds. The van der Waals surface area contributed by atoms with Gasteiger partial charge in [-0.25, -0.2) is 0 Å². The Labute approximate surface area is 314 Å². The Hall–Kier alpha value is -5.54. The largest absolute Gasteiger partial charge is 0.490 e. The minimum atomic E-state index is -0.961. The van der Waals surface area contributed by atoms with Crippen molar-refractivity contribution in [1.29, 1.82) is 5.26 Å². The van der Waals surface area contributed by atoms with E-state index in [0.29, 0.717) is 47.7 Å². The van der Waals surface area contributed by atoms with Gasteiger partial charge in [0.1, 0.15) is 17.9 Å². The van der Waals surface area contributed by atoms with Crippen LogP contribution < -0.4 is 20.3 Å². The van der Waals surface area contributed by atoms with Gasteiger partial charge in [0, 0.05) is 68.3 Å². The first-order chi connectivity index (χ1) is 25.9. The number of nitrogens with one attached hydrogen (secondary N) is 2. The molecule has 5 aliphatic rings. The van der Waals surface area contributed by atoms with Crippen LogP contribution in [0.4, 0.5) is 5.69 Å². The highest BCUT2D eigenvalue weighted by Gasteiger charge is 2.51. The molecule has 0 radical (unpaired) electrons. The van der Waals surface area contributed by atoms with Crippen molar-refractivity contribution in [2.45, 2.75) is 84.2 Å². The molecule has 12 heteroatoms. The van der Waals surface area contributed by atoms with Crippen LogP contribution in [0.5, 0.6) is 5.75 Å². The van der Waals surface area contributed by atoms with E-state index in [1.807, 2.05) is 55.5 Å². The Bertz CT molecular complexity index is 2070. The minimum absolute atomic E-state index is 0.0159. The predicted octanol–water partition coefficient (Wildman–Crippen LogP) is 4.48. The van der Waals surface area contributed by atoms with Crippen molar-refractivity contribution in [3.63, 3.8) is 0 Å². The van der Waals surface area contributed by atoms with Gasteiger partial charge in [-0.1, -0.05) is 13.8 Å². The number of carbonyl (C=O) groups excluding carboxylic acids is 5. The van der Waals surface area contributed by atoms with Crippen LogP contribution in [0.15, 0.2) is 54.6 Å². The Kier molecular flexibility index (Phi) is 9.01. The van der Waals surface area contributed by atoms with Crippen molar-refractivity contribution in [2.24, 2.45) is 11.3 Å². The maximum absolute atomic E-state index is 13.3. The van der Waals surface area contributed by atoms with E-state index in [-0.39, 0.29) is 42.2 Å². The summed E-state index contributed by atoms with van der Waals surface area (Å²) in [5, 5.41) is 14.7. The van der Waals surface area contributed by atoms with E-state index in [0.717, 1.165) is 65.5 Å². The fourth-order valence-electron chi connectivity index (χ4n) is 8.70. The molecule has 4 heterocycles. The van der Waals surface area contributed by atoms with Crippen LogP contribution in [0.2, 0.25) is 0 Å². The summed E-state index contributed by atoms with van der Waals surface area (Å²) in [5.41, 5.74) is 5.74. The normalized spacial score (nSPS) is 23.7. The van der Waals surface area contributed by atoms with Gasteiger partial charge in [-0.2, -0.15) is 5.26 Å². The van der Waals surface area contributed by atoms with Crippen molar-refractivity contribution in [2.75, 3.05) is 24.5 Å². The number of piperidine rings is 2. The SMILES string of the molecule is Cc1cc(O[C@H]2C[C@H](NC(=O)c3ccc(N4CCC(CN5Cc6cc7c(cc6C5)C(=O)N([C@@H]5CCC(=O)NC5=O)C7=O)CC4)cc3)C2(C)C)ccc1C#N. The number of anilines is 1. The molecule has 278 valence electrons. The molecule has 2 saturated heterocycles. The first-order valence-electron chi connectivity index (χ1n) is 18.8. The third-order valence-electron chi connectivity index (χ3n) is 12.3. The Morgan fingerprint density at radius 3 is 2.20 bits per heavy atom. The standard InChI is InChI=1S/C42H44N6O6/c1-24-16-31(9-6-27(24)20-43)54-36-19-35(42(36,2)3)44-38(50)26-4-7-30(8-5-26)47-14-12-25(13-15-47)21-46-22-28-17-32-33(18-29(28)23-46)41(53)48(40(32)52)34-10-11-37(49)45-39(34)51/h4-9,16-18,25,34-36H,10-15,19,21-23H2,1-3H3,(H,44,50)(H,45,49,51)/t34-,35+,36+/m1/s1. The molecular weight excluding hydrogens is 684 g/mol. The number of benzene rings is 3. The van der Waals surface area contributed by atoms with Gasteiger partial charge in [-0.05, 0) is 103 Å². The number of fused-ring (bicyclic) bond motifs is 2. The average molecular weight is 729 g/mol. The summed E-state index contributed by atoms with van der Waals surface area (Å²) in [6, 6.07) is 18.2. The van der Waals surface area contributed by atoms with E-state index in [2.05, 4.69) is 40.4 Å². The lowest BCUT2D eigenvalue weighted by atomic mass is 9.64. The van der Waals surface area contributed by atoms with Gasteiger partial charge in [0.2, 0.25) is 11.8 Å². The number of hydrogen-bond acceptors (Lipinski definition) is 9. The van der Waals surface area contributed by atoms with Crippen LogP contribution in [0.3, 0.4) is 0 Å². The number of hydrogen-bond donors (Lipinski definition) is 2. The molecule has 0 unspecified atom stereocenters. The fourth-order valence-corrected chi connectivity index (χ4v) is 8.70. The average Bonchev–Trinajstić information content (AvgIpc) is 3.66. The third-order valence-corrected chi connectivity index (χ3v) is 12.3. The zero-order valence-electron chi connectivity index (χ0n) is 30.8.